The maximum absolute atomic E-state index is 13.2. The molecule has 0 bridgehead atoms. The van der Waals surface area contributed by atoms with Gasteiger partial charge in [0.05, 0.1) is 0 Å². The molecule has 0 amide bonds. The van der Waals surface area contributed by atoms with Crippen molar-refractivity contribution in [3.05, 3.63) is 0 Å². The van der Waals surface area contributed by atoms with E-state index in [0.717, 1.165) is 77.0 Å². The normalized spacial score (nSPS) is 26.6. The van der Waals surface area contributed by atoms with Gasteiger partial charge in [-0.25, -0.2) is 0 Å². The Kier molecular flexibility index (Phi) is 4.96. The Hall–Kier alpha value is -0.310. The average Bonchev–Trinajstić information content (AvgIpc) is 3.28. The summed E-state index contributed by atoms with van der Waals surface area (Å²) < 4.78 is 45.3. The number of hydrogen-bond acceptors (Lipinski definition) is 2. The molecule has 140 valence electrons. The third kappa shape index (κ3) is 2.89. The monoisotopic (exact) mass is 366 g/mol. The quantitative estimate of drug-likeness (QED) is 0.569. The van der Waals surface area contributed by atoms with Crippen LogP contribution in [0.5, 0.6) is 0 Å². The molecule has 0 unspecified atom stereocenters. The van der Waals surface area contributed by atoms with Gasteiger partial charge in [-0.15, -0.1) is 0 Å². The van der Waals surface area contributed by atoms with Crippen LogP contribution in [-0.2, 0) is 9.32 Å². The fourth-order valence-corrected chi connectivity index (χ4v) is 14.0. The van der Waals surface area contributed by atoms with Crippen LogP contribution in [0.2, 0.25) is 0 Å². The summed E-state index contributed by atoms with van der Waals surface area (Å²) in [6.45, 7) is -1.19. The van der Waals surface area contributed by atoms with Crippen molar-refractivity contribution in [3.8, 4) is 0 Å². The van der Waals surface area contributed by atoms with Gasteiger partial charge in [-0.3, -0.25) is 0 Å². The van der Waals surface area contributed by atoms with E-state index >= 15 is 0 Å². The van der Waals surface area contributed by atoms with Gasteiger partial charge in [-0.05, 0) is 0 Å². The van der Waals surface area contributed by atoms with Crippen LogP contribution in [0.15, 0.2) is 0 Å². The molecule has 24 heavy (non-hydrogen) atoms. The second-order valence-electron chi connectivity index (χ2n) is 8.41. The minimum absolute atomic E-state index is 0.202. The van der Waals surface area contributed by atoms with E-state index in [0.29, 0.717) is 0 Å². The van der Waals surface area contributed by atoms with Crippen LogP contribution < -0.4 is 0 Å². The molecule has 0 radical (unpaired) electrons. The first-order valence-electron chi connectivity index (χ1n) is 9.58. The van der Waals surface area contributed by atoms with E-state index in [2.05, 4.69) is 6.66 Å². The van der Waals surface area contributed by atoms with Crippen LogP contribution in [0, 0.1) is 0 Å². The summed E-state index contributed by atoms with van der Waals surface area (Å²) in [7, 11) is 0. The molecule has 0 atom stereocenters. The third-order valence-electron chi connectivity index (χ3n) is 7.35. The maximum atomic E-state index is 13.2. The van der Waals surface area contributed by atoms with E-state index in [1.807, 2.05) is 0 Å². The van der Waals surface area contributed by atoms with Gasteiger partial charge >= 0.3 is 142 Å². The van der Waals surface area contributed by atoms with Crippen molar-refractivity contribution >= 4 is 12.8 Å². The molecular weight excluding hydrogens is 336 g/mol. The standard InChI is InChI=1S/C18H30F3O2P/c1-24(14-8-2-3-9-14,15-10-4-5-11-15,16-12-6-7-13-16)23-17(22)18(19,20)21/h14-16H,2-13H2,1H3. The number of rotatable bonds is 4. The van der Waals surface area contributed by atoms with E-state index in [9.17, 15) is 18.0 Å². The Labute approximate surface area is 142 Å². The summed E-state index contributed by atoms with van der Waals surface area (Å²) in [5, 5.41) is 0. The van der Waals surface area contributed by atoms with E-state index < -0.39 is 19.0 Å². The molecule has 6 heteroatoms. The van der Waals surface area contributed by atoms with Gasteiger partial charge in [-0.1, -0.05) is 0 Å². The molecule has 0 aliphatic heterocycles. The molecule has 3 rings (SSSR count). The fraction of sp³-hybridized carbons (Fsp3) is 0.944. The van der Waals surface area contributed by atoms with Gasteiger partial charge in [0.25, 0.3) is 0 Å². The van der Waals surface area contributed by atoms with Crippen molar-refractivity contribution in [2.24, 2.45) is 0 Å². The summed E-state index contributed by atoms with van der Waals surface area (Å²) in [5.74, 6) is -1.91. The fourth-order valence-electron chi connectivity index (χ4n) is 6.09. The number of carbonyl (C=O) groups is 1. The summed E-state index contributed by atoms with van der Waals surface area (Å²) in [6, 6.07) is 0. The third-order valence-corrected chi connectivity index (χ3v) is 15.2. The van der Waals surface area contributed by atoms with Gasteiger partial charge in [0, 0.05) is 0 Å². The minimum atomic E-state index is -4.88. The predicted molar refractivity (Wildman–Crippen MR) is 91.8 cm³/mol. The molecule has 3 aliphatic rings. The first kappa shape index (κ1) is 18.5. The molecule has 3 fully saturated rings. The predicted octanol–water partition coefficient (Wildman–Crippen LogP) is 6.02. The van der Waals surface area contributed by atoms with Gasteiger partial charge in [0.1, 0.15) is 0 Å². The summed E-state index contributed by atoms with van der Waals surface area (Å²) in [6.07, 6.45) is 7.24. The Morgan fingerprint density at radius 1 is 0.792 bits per heavy atom. The molecule has 0 aromatic heterocycles. The van der Waals surface area contributed by atoms with E-state index in [-0.39, 0.29) is 17.0 Å². The van der Waals surface area contributed by atoms with Gasteiger partial charge in [-0.2, -0.15) is 0 Å². The molecule has 0 saturated heterocycles. The number of carbonyl (C=O) groups excluding carboxylic acids is 1. The summed E-state index contributed by atoms with van der Waals surface area (Å²) in [5.41, 5.74) is 0.607. The summed E-state index contributed by atoms with van der Waals surface area (Å²) >= 11 is 0. The van der Waals surface area contributed by atoms with Crippen LogP contribution in [0.4, 0.5) is 13.2 Å². The Balaban J connectivity index is 2.06. The zero-order valence-corrected chi connectivity index (χ0v) is 15.5. The first-order chi connectivity index (χ1) is 11.3. The van der Waals surface area contributed by atoms with Gasteiger partial charge in [0.2, 0.25) is 0 Å². The first-order valence-corrected chi connectivity index (χ1v) is 12.4. The second kappa shape index (κ2) is 6.45. The van der Waals surface area contributed by atoms with E-state index in [1.54, 1.807) is 0 Å². The van der Waals surface area contributed by atoms with Gasteiger partial charge in [0.15, 0.2) is 0 Å². The molecule has 3 aliphatic carbocycles. The van der Waals surface area contributed by atoms with Crippen LogP contribution in [-0.4, -0.2) is 35.8 Å². The van der Waals surface area contributed by atoms with Crippen molar-refractivity contribution in [2.45, 2.75) is 100 Å². The van der Waals surface area contributed by atoms with Crippen molar-refractivity contribution in [1.82, 2.24) is 0 Å². The molecule has 0 spiro atoms. The average molecular weight is 366 g/mol. The zero-order valence-electron chi connectivity index (χ0n) is 14.6. The second-order valence-corrected chi connectivity index (χ2v) is 14.2. The molecular formula is C18H30F3O2P. The number of halogens is 3. The molecule has 0 N–H and O–H groups in total. The van der Waals surface area contributed by atoms with Crippen LogP contribution >= 0.6 is 6.83 Å². The van der Waals surface area contributed by atoms with Crippen LogP contribution in [0.25, 0.3) is 0 Å². The molecule has 0 heterocycles. The zero-order chi connectivity index (χ0) is 17.4. The van der Waals surface area contributed by atoms with E-state index in [4.69, 9.17) is 4.52 Å². The van der Waals surface area contributed by atoms with Crippen molar-refractivity contribution in [3.63, 3.8) is 0 Å². The molecule has 3 saturated carbocycles. The van der Waals surface area contributed by atoms with Crippen molar-refractivity contribution in [1.29, 1.82) is 0 Å². The van der Waals surface area contributed by atoms with Crippen molar-refractivity contribution in [2.75, 3.05) is 6.66 Å². The Bertz CT molecular complexity index is 430. The SMILES string of the molecule is CP(OC(=O)C(F)(F)F)(C1CCCC1)(C1CCCC1)C1CCCC1. The molecule has 0 aromatic carbocycles. The van der Waals surface area contributed by atoms with Crippen molar-refractivity contribution < 1.29 is 22.5 Å². The topological polar surface area (TPSA) is 26.3 Å². The molecule has 0 aromatic rings. The van der Waals surface area contributed by atoms with Crippen LogP contribution in [0.3, 0.4) is 0 Å². The Morgan fingerprint density at radius 2 is 1.08 bits per heavy atom. The molecule has 2 nitrogen and oxygen atoms in total. The number of alkyl halides is 3. The van der Waals surface area contributed by atoms with E-state index in [1.165, 1.54) is 0 Å². The summed E-state index contributed by atoms with van der Waals surface area (Å²) in [4.78, 5) is 12.0. The number of hydrogen-bond donors (Lipinski definition) is 0. The van der Waals surface area contributed by atoms with Gasteiger partial charge < -0.3 is 0 Å². The van der Waals surface area contributed by atoms with Crippen LogP contribution in [0.1, 0.15) is 77.0 Å². The Morgan fingerprint density at radius 3 is 1.33 bits per heavy atom.